The lowest BCUT2D eigenvalue weighted by Gasteiger charge is -2.42. The molecule has 3 heterocycles. The van der Waals surface area contributed by atoms with Crippen molar-refractivity contribution in [2.45, 2.75) is 83.5 Å². The number of fused-ring (bicyclic) bond motifs is 4. The van der Waals surface area contributed by atoms with Gasteiger partial charge in [-0.25, -0.2) is 9.59 Å². The van der Waals surface area contributed by atoms with Crippen LogP contribution in [0.2, 0.25) is 0 Å². The second-order valence-electron chi connectivity index (χ2n) is 10.2. The van der Waals surface area contributed by atoms with E-state index in [1.807, 2.05) is 6.92 Å². The zero-order valence-electron chi connectivity index (χ0n) is 21.9. The Hall–Kier alpha value is -3.59. The number of hydrogen-bond acceptors (Lipinski definition) is 9. The summed E-state index contributed by atoms with van der Waals surface area (Å²) in [5.41, 5.74) is 0.822. The first-order chi connectivity index (χ1) is 18.2. The SMILES string of the molecule is CCCCCC(=O)Cc1cc(OC)cc2c1C(=O)Oc1cc(O)c3c(c1O2)C[C@]1(CCC[C@@H](C)O1)OC3=O. The molecule has 0 bridgehead atoms. The highest BCUT2D eigenvalue weighted by Crippen LogP contribution is 2.50. The topological polar surface area (TPSA) is 118 Å². The Kier molecular flexibility index (Phi) is 7.05. The Labute approximate surface area is 221 Å². The molecule has 0 amide bonds. The fraction of sp³-hybridized carbons (Fsp3) is 0.483. The first kappa shape index (κ1) is 26.0. The Balaban J connectivity index is 1.58. The van der Waals surface area contributed by atoms with Gasteiger partial charge < -0.3 is 28.8 Å². The molecule has 0 radical (unpaired) electrons. The highest BCUT2D eigenvalue weighted by molar-refractivity contribution is 6.01. The van der Waals surface area contributed by atoms with E-state index in [1.165, 1.54) is 13.2 Å². The number of methoxy groups -OCH3 is 1. The molecular formula is C29H32O9. The molecule has 38 heavy (non-hydrogen) atoms. The molecule has 5 rings (SSSR count). The number of phenols is 1. The molecule has 2 aromatic carbocycles. The first-order valence-electron chi connectivity index (χ1n) is 13.2. The lowest BCUT2D eigenvalue weighted by Crippen LogP contribution is -2.48. The van der Waals surface area contributed by atoms with E-state index in [-0.39, 0.29) is 58.9 Å². The molecule has 1 fully saturated rings. The predicted octanol–water partition coefficient (Wildman–Crippen LogP) is 5.42. The number of rotatable bonds is 7. The van der Waals surface area contributed by atoms with Gasteiger partial charge in [-0.15, -0.1) is 0 Å². The molecule has 0 aromatic heterocycles. The zero-order valence-corrected chi connectivity index (χ0v) is 21.9. The number of ketones is 1. The van der Waals surface area contributed by atoms with Crippen LogP contribution in [0.25, 0.3) is 0 Å². The Morgan fingerprint density at radius 3 is 2.66 bits per heavy atom. The number of hydrogen-bond donors (Lipinski definition) is 1. The van der Waals surface area contributed by atoms with Crippen molar-refractivity contribution in [1.29, 1.82) is 0 Å². The third kappa shape index (κ3) is 4.82. The fourth-order valence-electron chi connectivity index (χ4n) is 5.49. The molecule has 1 saturated heterocycles. The molecule has 2 atom stereocenters. The van der Waals surface area contributed by atoms with Crippen molar-refractivity contribution in [3.63, 3.8) is 0 Å². The normalized spacial score (nSPS) is 21.8. The number of Topliss-reactive ketones (excluding diaryl/α,β-unsaturated/α-hetero) is 1. The standard InChI is InChI=1S/C29H32O9/c1-4-5-6-9-18(30)11-17-12-19(34-3)13-22-24(17)27(32)36-23-14-21(31)25-20(26(23)35-22)15-29(38-28(25)33)10-7-8-16(2)37-29/h12-14,16,31H,4-11,15H2,1-3H3/t16-,29+/m1/s1. The number of phenolic OH excluding ortho intramolecular Hbond substituents is 1. The highest BCUT2D eigenvalue weighted by atomic mass is 16.7. The van der Waals surface area contributed by atoms with Crippen molar-refractivity contribution in [3.8, 4) is 28.7 Å². The van der Waals surface area contributed by atoms with Crippen LogP contribution in [0.4, 0.5) is 0 Å². The first-order valence-corrected chi connectivity index (χ1v) is 13.2. The molecule has 3 aliphatic rings. The summed E-state index contributed by atoms with van der Waals surface area (Å²) in [5.74, 6) is -2.41. The minimum atomic E-state index is -1.20. The maximum absolute atomic E-state index is 13.4. The summed E-state index contributed by atoms with van der Waals surface area (Å²) in [5, 5.41) is 10.7. The molecule has 1 spiro atoms. The molecule has 1 N–H and O–H groups in total. The minimum Gasteiger partial charge on any atom is -0.507 e. The Morgan fingerprint density at radius 1 is 1.11 bits per heavy atom. The van der Waals surface area contributed by atoms with Crippen LogP contribution in [0.15, 0.2) is 18.2 Å². The van der Waals surface area contributed by atoms with Gasteiger partial charge in [0.1, 0.15) is 34.2 Å². The minimum absolute atomic E-state index is 0.00765. The summed E-state index contributed by atoms with van der Waals surface area (Å²) in [6.45, 7) is 3.98. The van der Waals surface area contributed by atoms with Gasteiger partial charge in [0.25, 0.3) is 0 Å². The number of benzene rings is 2. The number of carbonyl (C=O) groups excluding carboxylic acids is 3. The van der Waals surface area contributed by atoms with E-state index in [9.17, 15) is 19.5 Å². The van der Waals surface area contributed by atoms with Gasteiger partial charge in [-0.2, -0.15) is 0 Å². The Bertz CT molecular complexity index is 1300. The molecule has 9 heteroatoms. The molecule has 0 saturated carbocycles. The fourth-order valence-corrected chi connectivity index (χ4v) is 5.49. The summed E-state index contributed by atoms with van der Waals surface area (Å²) in [6.07, 6.45) is 5.27. The van der Waals surface area contributed by atoms with E-state index in [2.05, 4.69) is 6.92 Å². The van der Waals surface area contributed by atoms with Gasteiger partial charge in [-0.1, -0.05) is 19.8 Å². The number of ether oxygens (including phenoxy) is 5. The Morgan fingerprint density at radius 2 is 1.92 bits per heavy atom. The summed E-state index contributed by atoms with van der Waals surface area (Å²) in [7, 11) is 1.48. The second kappa shape index (κ2) is 10.3. The molecule has 2 aromatic rings. The van der Waals surface area contributed by atoms with Crippen molar-refractivity contribution in [2.75, 3.05) is 7.11 Å². The lowest BCUT2D eigenvalue weighted by atomic mass is 9.89. The van der Waals surface area contributed by atoms with Crippen LogP contribution in [0.1, 0.15) is 90.6 Å². The summed E-state index contributed by atoms with van der Waals surface area (Å²) in [4.78, 5) is 39.2. The molecule has 3 aliphatic heterocycles. The van der Waals surface area contributed by atoms with Gasteiger partial charge in [-0.3, -0.25) is 4.79 Å². The molecule has 0 aliphatic carbocycles. The summed E-state index contributed by atoms with van der Waals surface area (Å²) >= 11 is 0. The van der Waals surface area contributed by atoms with Gasteiger partial charge in [-0.05, 0) is 37.8 Å². The largest absolute Gasteiger partial charge is 0.507 e. The summed E-state index contributed by atoms with van der Waals surface area (Å²) in [6, 6.07) is 4.36. The monoisotopic (exact) mass is 524 g/mol. The second-order valence-corrected chi connectivity index (χ2v) is 10.2. The number of aromatic hydroxyl groups is 1. The van der Waals surface area contributed by atoms with E-state index < -0.39 is 17.7 Å². The van der Waals surface area contributed by atoms with Crippen LogP contribution in [0.3, 0.4) is 0 Å². The van der Waals surface area contributed by atoms with Crippen molar-refractivity contribution < 1.29 is 43.2 Å². The average Bonchev–Trinajstić information content (AvgIpc) is 2.99. The van der Waals surface area contributed by atoms with Crippen molar-refractivity contribution in [3.05, 3.63) is 40.5 Å². The molecule has 9 nitrogen and oxygen atoms in total. The molecular weight excluding hydrogens is 492 g/mol. The maximum Gasteiger partial charge on any atom is 0.347 e. The van der Waals surface area contributed by atoms with Gasteiger partial charge in [0.05, 0.1) is 13.2 Å². The van der Waals surface area contributed by atoms with Crippen LogP contribution in [0, 0.1) is 0 Å². The zero-order chi connectivity index (χ0) is 27.0. The van der Waals surface area contributed by atoms with Crippen LogP contribution in [-0.2, 0) is 27.1 Å². The predicted molar refractivity (Wildman–Crippen MR) is 135 cm³/mol. The van der Waals surface area contributed by atoms with Crippen molar-refractivity contribution in [1.82, 2.24) is 0 Å². The van der Waals surface area contributed by atoms with Gasteiger partial charge >= 0.3 is 11.9 Å². The van der Waals surface area contributed by atoms with Gasteiger partial charge in [0.2, 0.25) is 5.79 Å². The maximum atomic E-state index is 13.4. The lowest BCUT2D eigenvalue weighted by molar-refractivity contribution is -0.250. The van der Waals surface area contributed by atoms with E-state index in [0.29, 0.717) is 29.7 Å². The molecule has 202 valence electrons. The van der Waals surface area contributed by atoms with Gasteiger partial charge in [0.15, 0.2) is 11.5 Å². The molecule has 0 unspecified atom stereocenters. The van der Waals surface area contributed by atoms with Crippen LogP contribution >= 0.6 is 0 Å². The highest BCUT2D eigenvalue weighted by Gasteiger charge is 2.48. The van der Waals surface area contributed by atoms with Crippen LogP contribution in [-0.4, -0.2) is 41.8 Å². The van der Waals surface area contributed by atoms with Crippen LogP contribution < -0.4 is 14.2 Å². The quantitative estimate of drug-likeness (QED) is 0.288. The summed E-state index contributed by atoms with van der Waals surface area (Å²) < 4.78 is 29.2. The smallest absolute Gasteiger partial charge is 0.347 e. The van der Waals surface area contributed by atoms with E-state index >= 15 is 0 Å². The number of esters is 2. The number of unbranched alkanes of at least 4 members (excludes halogenated alkanes) is 2. The van der Waals surface area contributed by atoms with Crippen molar-refractivity contribution >= 4 is 17.7 Å². The average molecular weight is 525 g/mol. The number of carbonyl (C=O) groups is 3. The third-order valence-electron chi connectivity index (χ3n) is 7.30. The van der Waals surface area contributed by atoms with E-state index in [1.54, 1.807) is 12.1 Å². The van der Waals surface area contributed by atoms with Crippen LogP contribution in [0.5, 0.6) is 28.7 Å². The van der Waals surface area contributed by atoms with E-state index in [4.69, 9.17) is 23.7 Å². The van der Waals surface area contributed by atoms with E-state index in [0.717, 1.165) is 32.1 Å². The van der Waals surface area contributed by atoms with Gasteiger partial charge in [0, 0.05) is 43.4 Å². The third-order valence-corrected chi connectivity index (χ3v) is 7.30. The van der Waals surface area contributed by atoms with Crippen molar-refractivity contribution in [2.24, 2.45) is 0 Å².